The van der Waals surface area contributed by atoms with E-state index in [-0.39, 0.29) is 21.2 Å². The second-order valence-electron chi connectivity index (χ2n) is 9.97. The van der Waals surface area contributed by atoms with Gasteiger partial charge in [-0.05, 0) is 82.2 Å². The number of sulfonamides is 2. The number of nitrogens with one attached hydrogen (secondary N) is 4. The highest BCUT2D eigenvalue weighted by Crippen LogP contribution is 2.25. The predicted octanol–water partition coefficient (Wildman–Crippen LogP) is 7.24. The van der Waals surface area contributed by atoms with E-state index < -0.39 is 26.1 Å². The molecule has 0 spiro atoms. The van der Waals surface area contributed by atoms with E-state index in [1.54, 1.807) is 60.7 Å². The third-order valence-corrected chi connectivity index (χ3v) is 9.57. The number of rotatable bonds is 8. The summed E-state index contributed by atoms with van der Waals surface area (Å²) in [5.41, 5.74) is 1.21. The highest BCUT2D eigenvalue weighted by atomic mass is 32.2. The third-order valence-electron chi connectivity index (χ3n) is 6.81. The van der Waals surface area contributed by atoms with E-state index in [1.165, 1.54) is 24.3 Å². The summed E-state index contributed by atoms with van der Waals surface area (Å²) in [5.74, 6) is 0. The molecule has 6 aromatic rings. The number of fused-ring (bicyclic) bond motifs is 2. The van der Waals surface area contributed by atoms with Crippen molar-refractivity contribution in [2.75, 3.05) is 20.1 Å². The normalized spacial score (nSPS) is 11.6. The van der Waals surface area contributed by atoms with E-state index in [9.17, 15) is 21.6 Å². The van der Waals surface area contributed by atoms with Gasteiger partial charge in [0.2, 0.25) is 0 Å². The molecule has 44 heavy (non-hydrogen) atoms. The molecule has 0 aliphatic heterocycles. The zero-order valence-corrected chi connectivity index (χ0v) is 24.7. The van der Waals surface area contributed by atoms with Gasteiger partial charge in [-0.3, -0.25) is 9.44 Å². The first-order chi connectivity index (χ1) is 21.1. The molecular formula is C33H26N4O5S2. The lowest BCUT2D eigenvalue weighted by atomic mass is 10.1. The van der Waals surface area contributed by atoms with Crippen LogP contribution in [0, 0.1) is 0 Å². The maximum Gasteiger partial charge on any atom is 0.323 e. The molecule has 0 aliphatic carbocycles. The lowest BCUT2D eigenvalue weighted by molar-refractivity contribution is 0.262. The Bertz CT molecular complexity index is 2100. The molecule has 2 amide bonds. The van der Waals surface area contributed by atoms with Gasteiger partial charge in [0, 0.05) is 11.4 Å². The quantitative estimate of drug-likeness (QED) is 0.142. The summed E-state index contributed by atoms with van der Waals surface area (Å²) in [6.45, 7) is 0. The van der Waals surface area contributed by atoms with Crippen LogP contribution in [0.5, 0.6) is 0 Å². The van der Waals surface area contributed by atoms with Crippen LogP contribution in [0.15, 0.2) is 143 Å². The van der Waals surface area contributed by atoms with Crippen molar-refractivity contribution in [1.29, 1.82) is 0 Å². The SMILES string of the molecule is O=C(Nc1cccc(NS(=O)(=O)c2ccc3ccccc3c2)c1)Nc1cccc(NS(=O)(=O)c2ccc3ccccc3c2)c1. The Morgan fingerprint density at radius 2 is 0.795 bits per heavy atom. The molecule has 0 atom stereocenters. The molecule has 0 aliphatic rings. The summed E-state index contributed by atoms with van der Waals surface area (Å²) in [7, 11) is -7.77. The molecule has 0 bridgehead atoms. The van der Waals surface area contributed by atoms with Crippen LogP contribution in [0.4, 0.5) is 27.5 Å². The van der Waals surface area contributed by atoms with E-state index in [2.05, 4.69) is 20.1 Å². The van der Waals surface area contributed by atoms with E-state index in [0.29, 0.717) is 11.4 Å². The molecule has 0 fully saturated rings. The monoisotopic (exact) mass is 622 g/mol. The zero-order chi connectivity index (χ0) is 30.7. The predicted molar refractivity (Wildman–Crippen MR) is 175 cm³/mol. The summed E-state index contributed by atoms with van der Waals surface area (Å²) >= 11 is 0. The smallest absolute Gasteiger partial charge is 0.308 e. The highest BCUT2D eigenvalue weighted by molar-refractivity contribution is 7.93. The van der Waals surface area contributed by atoms with Crippen molar-refractivity contribution < 1.29 is 21.6 Å². The molecule has 6 aromatic carbocycles. The Kier molecular flexibility index (Phi) is 7.64. The number of anilines is 4. The molecular weight excluding hydrogens is 597 g/mol. The van der Waals surface area contributed by atoms with E-state index in [4.69, 9.17) is 0 Å². The van der Waals surface area contributed by atoms with Crippen molar-refractivity contribution in [3.8, 4) is 0 Å². The first-order valence-electron chi connectivity index (χ1n) is 13.5. The number of hydrogen-bond donors (Lipinski definition) is 4. The Hall–Kier alpha value is -5.39. The van der Waals surface area contributed by atoms with Crippen LogP contribution in [-0.2, 0) is 20.0 Å². The first-order valence-corrected chi connectivity index (χ1v) is 16.4. The molecule has 4 N–H and O–H groups in total. The van der Waals surface area contributed by atoms with Gasteiger partial charge in [-0.2, -0.15) is 0 Å². The number of amides is 2. The molecule has 0 saturated carbocycles. The fourth-order valence-electron chi connectivity index (χ4n) is 4.71. The number of hydrogen-bond acceptors (Lipinski definition) is 5. The summed E-state index contributed by atoms with van der Waals surface area (Å²) in [4.78, 5) is 13.0. The average Bonchev–Trinajstić information content (AvgIpc) is 3.00. The standard InChI is InChI=1S/C33H26N4O5S2/c38-33(34-27-11-5-13-29(21-27)36-43(39,40)31-17-15-23-7-1-3-9-25(23)19-31)35-28-12-6-14-30(22-28)37-44(41,42)32-18-16-24-8-2-4-10-26(24)20-32/h1-22,36-37H,(H2,34,35,38). The van der Waals surface area contributed by atoms with Crippen molar-refractivity contribution in [2.24, 2.45) is 0 Å². The highest BCUT2D eigenvalue weighted by Gasteiger charge is 2.17. The van der Waals surface area contributed by atoms with Crippen LogP contribution < -0.4 is 20.1 Å². The summed E-state index contributed by atoms with van der Waals surface area (Å²) < 4.78 is 57.3. The minimum Gasteiger partial charge on any atom is -0.308 e. The van der Waals surface area contributed by atoms with E-state index in [0.717, 1.165) is 21.5 Å². The fourth-order valence-corrected chi connectivity index (χ4v) is 6.88. The second kappa shape index (κ2) is 11.7. The molecule has 0 radical (unpaired) electrons. The Morgan fingerprint density at radius 1 is 0.409 bits per heavy atom. The Balaban J connectivity index is 1.11. The minimum atomic E-state index is -3.88. The van der Waals surface area contributed by atoms with Gasteiger partial charge in [-0.1, -0.05) is 72.8 Å². The van der Waals surface area contributed by atoms with Crippen LogP contribution in [0.1, 0.15) is 0 Å². The average molecular weight is 623 g/mol. The van der Waals surface area contributed by atoms with Gasteiger partial charge in [0.1, 0.15) is 0 Å². The van der Waals surface area contributed by atoms with Gasteiger partial charge in [0.05, 0.1) is 21.2 Å². The van der Waals surface area contributed by atoms with Crippen LogP contribution in [0.25, 0.3) is 21.5 Å². The molecule has 11 heteroatoms. The number of carbonyl (C=O) groups excluding carboxylic acids is 1. The van der Waals surface area contributed by atoms with Gasteiger partial charge in [0.15, 0.2) is 0 Å². The van der Waals surface area contributed by atoms with Crippen molar-refractivity contribution >= 4 is 70.4 Å². The largest absolute Gasteiger partial charge is 0.323 e. The molecule has 6 rings (SSSR count). The number of urea groups is 1. The minimum absolute atomic E-state index is 0.114. The van der Waals surface area contributed by atoms with Crippen molar-refractivity contribution in [1.82, 2.24) is 0 Å². The lowest BCUT2D eigenvalue weighted by Gasteiger charge is -2.13. The fraction of sp³-hybridized carbons (Fsp3) is 0. The Morgan fingerprint density at radius 3 is 1.23 bits per heavy atom. The molecule has 0 saturated heterocycles. The molecule has 0 aromatic heterocycles. The summed E-state index contributed by atoms with van der Waals surface area (Å²) in [5, 5.41) is 8.79. The van der Waals surface area contributed by atoms with Crippen molar-refractivity contribution in [3.63, 3.8) is 0 Å². The topological polar surface area (TPSA) is 133 Å². The van der Waals surface area contributed by atoms with Gasteiger partial charge in [-0.15, -0.1) is 0 Å². The van der Waals surface area contributed by atoms with Gasteiger partial charge in [0.25, 0.3) is 20.0 Å². The van der Waals surface area contributed by atoms with E-state index >= 15 is 0 Å². The van der Waals surface area contributed by atoms with Crippen LogP contribution in [0.3, 0.4) is 0 Å². The van der Waals surface area contributed by atoms with E-state index in [1.807, 2.05) is 48.5 Å². The Labute approximate surface area is 254 Å². The van der Waals surface area contributed by atoms with Crippen LogP contribution >= 0.6 is 0 Å². The maximum atomic E-state index is 13.0. The molecule has 0 heterocycles. The molecule has 9 nitrogen and oxygen atoms in total. The molecule has 220 valence electrons. The van der Waals surface area contributed by atoms with Crippen LogP contribution in [-0.4, -0.2) is 22.9 Å². The van der Waals surface area contributed by atoms with Gasteiger partial charge < -0.3 is 10.6 Å². The first kappa shape index (κ1) is 28.7. The van der Waals surface area contributed by atoms with Crippen molar-refractivity contribution in [2.45, 2.75) is 9.79 Å². The number of carbonyl (C=O) groups is 1. The summed E-state index contributed by atoms with van der Waals surface area (Å²) in [6, 6.07) is 36.7. The number of benzene rings is 6. The maximum absolute atomic E-state index is 13.0. The van der Waals surface area contributed by atoms with Crippen LogP contribution in [0.2, 0.25) is 0 Å². The second-order valence-corrected chi connectivity index (χ2v) is 13.3. The summed E-state index contributed by atoms with van der Waals surface area (Å²) in [6.07, 6.45) is 0. The van der Waals surface area contributed by atoms with Gasteiger partial charge in [-0.25, -0.2) is 21.6 Å². The van der Waals surface area contributed by atoms with Gasteiger partial charge >= 0.3 is 6.03 Å². The van der Waals surface area contributed by atoms with Crippen molar-refractivity contribution in [3.05, 3.63) is 133 Å². The zero-order valence-electron chi connectivity index (χ0n) is 23.1. The lowest BCUT2D eigenvalue weighted by Crippen LogP contribution is -2.20. The molecule has 0 unspecified atom stereocenters. The third kappa shape index (κ3) is 6.48.